The summed E-state index contributed by atoms with van der Waals surface area (Å²) in [6.07, 6.45) is -0.657. The fourth-order valence-corrected chi connectivity index (χ4v) is 2.05. The Morgan fingerprint density at radius 1 is 1.53 bits per heavy atom. The van der Waals surface area contributed by atoms with E-state index in [0.717, 1.165) is 18.2 Å². The van der Waals surface area contributed by atoms with Crippen molar-refractivity contribution in [1.29, 1.82) is 0 Å². The van der Waals surface area contributed by atoms with Crippen molar-refractivity contribution in [3.63, 3.8) is 0 Å². The van der Waals surface area contributed by atoms with Gasteiger partial charge in [0.15, 0.2) is 0 Å². The molecule has 19 heavy (non-hydrogen) atoms. The number of nitrogens with zero attached hydrogens (tertiary/aromatic N) is 1. The van der Waals surface area contributed by atoms with E-state index in [1.165, 1.54) is 0 Å². The van der Waals surface area contributed by atoms with E-state index in [0.29, 0.717) is 0 Å². The number of nitrogens with one attached hydrogen (secondary N) is 1. The van der Waals surface area contributed by atoms with E-state index >= 15 is 0 Å². The minimum absolute atomic E-state index is 0.0934. The highest BCUT2D eigenvalue weighted by atomic mass is 19.1. The van der Waals surface area contributed by atoms with Gasteiger partial charge in [-0.25, -0.2) is 9.18 Å². The number of cyclic esters (lactones) is 1. The maximum absolute atomic E-state index is 13.9. The third-order valence-electron chi connectivity index (χ3n) is 3.12. The number of alkyl carbamates (subject to hydrolysis) is 1. The second-order valence-electron chi connectivity index (χ2n) is 5.10. The summed E-state index contributed by atoms with van der Waals surface area (Å²) < 4.78 is 18.7. The first-order valence-corrected chi connectivity index (χ1v) is 5.68. The van der Waals surface area contributed by atoms with Gasteiger partial charge in [-0.3, -0.25) is 10.1 Å². The van der Waals surface area contributed by atoms with Crippen LogP contribution in [0.3, 0.4) is 0 Å². The molecule has 0 bridgehead atoms. The highest BCUT2D eigenvalue weighted by Gasteiger charge is 2.39. The van der Waals surface area contributed by atoms with Gasteiger partial charge in [0.2, 0.25) is 0 Å². The van der Waals surface area contributed by atoms with Crippen LogP contribution in [0.4, 0.5) is 14.9 Å². The van der Waals surface area contributed by atoms with Crippen LogP contribution in [0.15, 0.2) is 18.2 Å². The van der Waals surface area contributed by atoms with Crippen LogP contribution in [-0.4, -0.2) is 17.6 Å². The fourth-order valence-electron chi connectivity index (χ4n) is 2.05. The van der Waals surface area contributed by atoms with Gasteiger partial charge >= 0.3 is 6.09 Å². The van der Waals surface area contributed by atoms with Gasteiger partial charge in [-0.05, 0) is 6.07 Å². The van der Waals surface area contributed by atoms with Crippen LogP contribution in [0.25, 0.3) is 0 Å². The van der Waals surface area contributed by atoms with Crippen molar-refractivity contribution in [3.8, 4) is 0 Å². The largest absolute Gasteiger partial charge is 0.449 e. The molecule has 1 aliphatic heterocycles. The Balaban J connectivity index is 2.46. The molecule has 1 amide bonds. The molecule has 1 heterocycles. The quantitative estimate of drug-likeness (QED) is 0.660. The summed E-state index contributed by atoms with van der Waals surface area (Å²) in [6, 6.07) is 2.60. The molecule has 0 aliphatic carbocycles. The van der Waals surface area contributed by atoms with Gasteiger partial charge in [0.25, 0.3) is 5.69 Å². The van der Waals surface area contributed by atoms with Gasteiger partial charge in [0, 0.05) is 23.1 Å². The molecule has 0 spiro atoms. The maximum Gasteiger partial charge on any atom is 0.407 e. The van der Waals surface area contributed by atoms with Crippen LogP contribution in [0.1, 0.15) is 25.5 Å². The topological polar surface area (TPSA) is 81.5 Å². The molecule has 1 aromatic carbocycles. The third kappa shape index (κ3) is 2.49. The molecule has 1 aromatic rings. The number of rotatable bonds is 2. The number of carbonyl (C=O) groups excluding carboxylic acids is 1. The van der Waals surface area contributed by atoms with E-state index in [1.807, 2.05) is 0 Å². The zero-order chi connectivity index (χ0) is 14.2. The standard InChI is InChI=1S/C12H13FN2O4/c1-12(2)6-19-11(16)14-10(12)8-5-7(15(17)18)3-4-9(8)13/h3-5,10H,6H2,1-2H3,(H,14,16)/t10-/m0/s1. The lowest BCUT2D eigenvalue weighted by Crippen LogP contribution is -2.47. The van der Waals surface area contributed by atoms with Crippen LogP contribution in [0, 0.1) is 21.3 Å². The molecule has 0 aromatic heterocycles. The predicted molar refractivity (Wildman–Crippen MR) is 64.1 cm³/mol. The molecular weight excluding hydrogens is 255 g/mol. The van der Waals surface area contributed by atoms with Gasteiger partial charge in [-0.15, -0.1) is 0 Å². The Labute approximate surface area is 108 Å². The van der Waals surface area contributed by atoms with Gasteiger partial charge in [-0.2, -0.15) is 0 Å². The number of nitro benzene ring substituents is 1. The highest BCUT2D eigenvalue weighted by Crippen LogP contribution is 2.38. The highest BCUT2D eigenvalue weighted by molar-refractivity contribution is 5.69. The Hall–Kier alpha value is -2.18. The van der Waals surface area contributed by atoms with Crippen molar-refractivity contribution in [2.75, 3.05) is 6.61 Å². The zero-order valence-electron chi connectivity index (χ0n) is 10.5. The van der Waals surface area contributed by atoms with Crippen LogP contribution >= 0.6 is 0 Å². The summed E-state index contributed by atoms with van der Waals surface area (Å²) >= 11 is 0. The van der Waals surface area contributed by atoms with Gasteiger partial charge in [0.1, 0.15) is 12.4 Å². The predicted octanol–water partition coefficient (Wildman–Crippen LogP) is 2.54. The number of nitro groups is 1. The second kappa shape index (κ2) is 4.49. The van der Waals surface area contributed by atoms with Crippen LogP contribution in [0.2, 0.25) is 0 Å². The molecule has 102 valence electrons. The molecule has 2 rings (SSSR count). The first-order valence-electron chi connectivity index (χ1n) is 5.68. The molecule has 0 saturated carbocycles. The summed E-state index contributed by atoms with van der Waals surface area (Å²) in [4.78, 5) is 21.4. The first-order chi connectivity index (χ1) is 8.81. The van der Waals surface area contributed by atoms with Crippen molar-refractivity contribution in [2.24, 2.45) is 5.41 Å². The van der Waals surface area contributed by atoms with Crippen molar-refractivity contribution in [1.82, 2.24) is 5.32 Å². The number of hydrogen-bond donors (Lipinski definition) is 1. The van der Waals surface area contributed by atoms with Crippen LogP contribution < -0.4 is 5.32 Å². The number of amides is 1. The summed E-state index contributed by atoms with van der Waals surface area (Å²) in [5, 5.41) is 13.3. The monoisotopic (exact) mass is 268 g/mol. The van der Waals surface area contributed by atoms with E-state index in [9.17, 15) is 19.3 Å². The average Bonchev–Trinajstić information content (AvgIpc) is 2.33. The number of halogens is 1. The van der Waals surface area contributed by atoms with E-state index in [-0.39, 0.29) is 17.9 Å². The number of non-ortho nitro benzene ring substituents is 1. The lowest BCUT2D eigenvalue weighted by molar-refractivity contribution is -0.385. The number of hydrogen-bond acceptors (Lipinski definition) is 4. The van der Waals surface area contributed by atoms with Crippen molar-refractivity contribution in [3.05, 3.63) is 39.7 Å². The molecule has 1 saturated heterocycles. The van der Waals surface area contributed by atoms with Gasteiger partial charge in [-0.1, -0.05) is 13.8 Å². The fraction of sp³-hybridized carbons (Fsp3) is 0.417. The normalized spacial score (nSPS) is 21.4. The molecular formula is C12H13FN2O4. The Morgan fingerprint density at radius 2 is 2.21 bits per heavy atom. The molecule has 0 unspecified atom stereocenters. The smallest absolute Gasteiger partial charge is 0.407 e. The van der Waals surface area contributed by atoms with E-state index in [2.05, 4.69) is 5.32 Å². The SMILES string of the molecule is CC1(C)COC(=O)N[C@H]1c1cc([N+](=O)[O-])ccc1F. The molecule has 1 aliphatic rings. The van der Waals surface area contributed by atoms with E-state index in [4.69, 9.17) is 4.74 Å². The molecule has 0 radical (unpaired) electrons. The Morgan fingerprint density at radius 3 is 2.84 bits per heavy atom. The zero-order valence-corrected chi connectivity index (χ0v) is 10.5. The maximum atomic E-state index is 13.9. The Bertz CT molecular complexity index is 545. The summed E-state index contributed by atoms with van der Waals surface area (Å²) in [5.74, 6) is -0.592. The van der Waals surface area contributed by atoms with Crippen molar-refractivity contribution in [2.45, 2.75) is 19.9 Å². The minimum atomic E-state index is -0.673. The van der Waals surface area contributed by atoms with Crippen LogP contribution in [0.5, 0.6) is 0 Å². The average molecular weight is 268 g/mol. The molecule has 1 fully saturated rings. The van der Waals surface area contributed by atoms with Crippen LogP contribution in [-0.2, 0) is 4.74 Å². The third-order valence-corrected chi connectivity index (χ3v) is 3.12. The first kappa shape index (κ1) is 13.3. The molecule has 1 N–H and O–H groups in total. The number of ether oxygens (including phenoxy) is 1. The van der Waals surface area contributed by atoms with E-state index < -0.39 is 28.3 Å². The Kier molecular flexibility index (Phi) is 3.13. The lowest BCUT2D eigenvalue weighted by Gasteiger charge is -2.38. The molecule has 7 heteroatoms. The summed E-state index contributed by atoms with van der Waals surface area (Å²) in [5.41, 5.74) is -0.687. The van der Waals surface area contributed by atoms with Crippen molar-refractivity contribution < 1.29 is 18.8 Å². The molecule has 1 atom stereocenters. The van der Waals surface area contributed by atoms with Gasteiger partial charge < -0.3 is 10.1 Å². The van der Waals surface area contributed by atoms with E-state index in [1.54, 1.807) is 13.8 Å². The number of carbonyl (C=O) groups is 1. The molecule has 6 nitrogen and oxygen atoms in total. The summed E-state index contributed by atoms with van der Waals surface area (Å²) in [7, 11) is 0. The van der Waals surface area contributed by atoms with Crippen molar-refractivity contribution >= 4 is 11.8 Å². The minimum Gasteiger partial charge on any atom is -0.449 e. The van der Waals surface area contributed by atoms with Gasteiger partial charge in [0.05, 0.1) is 11.0 Å². The lowest BCUT2D eigenvalue weighted by atomic mass is 9.80. The number of benzene rings is 1. The summed E-state index contributed by atoms with van der Waals surface area (Å²) in [6.45, 7) is 3.69. The second-order valence-corrected chi connectivity index (χ2v) is 5.10.